The first-order valence-corrected chi connectivity index (χ1v) is 7.36. The Hall–Kier alpha value is -1.27. The van der Waals surface area contributed by atoms with E-state index < -0.39 is 15.7 Å². The molecule has 0 radical (unpaired) electrons. The van der Waals surface area contributed by atoms with Crippen LogP contribution in [-0.2, 0) is 17.2 Å². The SMILES string of the molecule is CCC(N)CS(=O)CCc1ccccc1[N+](=O)[O-]. The van der Waals surface area contributed by atoms with Crippen LogP contribution in [0.25, 0.3) is 0 Å². The van der Waals surface area contributed by atoms with Crippen molar-refractivity contribution in [1.29, 1.82) is 0 Å². The molecule has 2 atom stereocenters. The summed E-state index contributed by atoms with van der Waals surface area (Å²) in [5, 5.41) is 10.8. The zero-order chi connectivity index (χ0) is 13.5. The van der Waals surface area contributed by atoms with Crippen LogP contribution in [-0.4, -0.2) is 26.7 Å². The highest BCUT2D eigenvalue weighted by atomic mass is 32.2. The molecule has 1 aromatic rings. The second kappa shape index (κ2) is 7.23. The molecule has 100 valence electrons. The number of nitro benzene ring substituents is 1. The fourth-order valence-electron chi connectivity index (χ4n) is 1.56. The summed E-state index contributed by atoms with van der Waals surface area (Å²) in [7, 11) is -1.02. The maximum Gasteiger partial charge on any atom is 0.272 e. The molecule has 5 nitrogen and oxygen atoms in total. The monoisotopic (exact) mass is 270 g/mol. The number of para-hydroxylation sites is 1. The minimum Gasteiger partial charge on any atom is -0.327 e. The summed E-state index contributed by atoms with van der Waals surface area (Å²) >= 11 is 0. The minimum atomic E-state index is -1.02. The van der Waals surface area contributed by atoms with Crippen molar-refractivity contribution in [3.63, 3.8) is 0 Å². The average Bonchev–Trinajstić information content (AvgIpc) is 2.36. The Labute approximate surface area is 109 Å². The van der Waals surface area contributed by atoms with Gasteiger partial charge in [0.15, 0.2) is 0 Å². The Kier molecular flexibility index (Phi) is 5.94. The molecule has 0 spiro atoms. The van der Waals surface area contributed by atoms with Crippen molar-refractivity contribution in [1.82, 2.24) is 0 Å². The van der Waals surface area contributed by atoms with Crippen LogP contribution in [0, 0.1) is 10.1 Å². The Morgan fingerprint density at radius 1 is 1.44 bits per heavy atom. The van der Waals surface area contributed by atoms with Gasteiger partial charge in [0.25, 0.3) is 5.69 Å². The van der Waals surface area contributed by atoms with E-state index >= 15 is 0 Å². The van der Waals surface area contributed by atoms with Gasteiger partial charge in [-0.05, 0) is 12.8 Å². The lowest BCUT2D eigenvalue weighted by Gasteiger charge is -2.08. The van der Waals surface area contributed by atoms with Crippen LogP contribution in [0.1, 0.15) is 18.9 Å². The van der Waals surface area contributed by atoms with Gasteiger partial charge in [-0.3, -0.25) is 14.3 Å². The molecule has 1 aromatic carbocycles. The van der Waals surface area contributed by atoms with Crippen LogP contribution in [0.15, 0.2) is 24.3 Å². The number of benzene rings is 1. The van der Waals surface area contributed by atoms with Crippen molar-refractivity contribution in [3.05, 3.63) is 39.9 Å². The van der Waals surface area contributed by atoms with Gasteiger partial charge in [-0.2, -0.15) is 0 Å². The first-order valence-electron chi connectivity index (χ1n) is 5.87. The van der Waals surface area contributed by atoms with Gasteiger partial charge >= 0.3 is 0 Å². The van der Waals surface area contributed by atoms with Crippen molar-refractivity contribution in [2.45, 2.75) is 25.8 Å². The molecule has 6 heteroatoms. The Balaban J connectivity index is 2.58. The molecule has 0 aromatic heterocycles. The van der Waals surface area contributed by atoms with Gasteiger partial charge in [0.2, 0.25) is 0 Å². The van der Waals surface area contributed by atoms with E-state index in [0.29, 0.717) is 23.5 Å². The Bertz CT molecular complexity index is 437. The highest BCUT2D eigenvalue weighted by Crippen LogP contribution is 2.18. The van der Waals surface area contributed by atoms with Crippen LogP contribution < -0.4 is 5.73 Å². The number of rotatable bonds is 7. The van der Waals surface area contributed by atoms with E-state index in [-0.39, 0.29) is 11.7 Å². The normalized spacial score (nSPS) is 14.1. The van der Waals surface area contributed by atoms with Gasteiger partial charge in [-0.1, -0.05) is 25.1 Å². The van der Waals surface area contributed by atoms with Crippen molar-refractivity contribution in [2.24, 2.45) is 5.73 Å². The van der Waals surface area contributed by atoms with Gasteiger partial charge < -0.3 is 5.73 Å². The third kappa shape index (κ3) is 4.54. The van der Waals surface area contributed by atoms with Crippen molar-refractivity contribution in [3.8, 4) is 0 Å². The van der Waals surface area contributed by atoms with Gasteiger partial charge in [0.05, 0.1) is 4.92 Å². The van der Waals surface area contributed by atoms with Crippen molar-refractivity contribution in [2.75, 3.05) is 11.5 Å². The standard InChI is InChI=1S/C12H18N2O3S/c1-2-11(13)9-18(17)8-7-10-5-3-4-6-12(10)14(15)16/h3-6,11H,2,7-9,13H2,1H3. The molecule has 0 aliphatic rings. The molecule has 2 N–H and O–H groups in total. The molecule has 0 bridgehead atoms. The molecule has 0 aliphatic carbocycles. The van der Waals surface area contributed by atoms with Crippen LogP contribution in [0.5, 0.6) is 0 Å². The maximum atomic E-state index is 11.7. The Morgan fingerprint density at radius 3 is 2.72 bits per heavy atom. The summed E-state index contributed by atoms with van der Waals surface area (Å²) in [6.45, 7) is 1.95. The molecule has 0 saturated carbocycles. The summed E-state index contributed by atoms with van der Waals surface area (Å²) in [5.41, 5.74) is 6.44. The van der Waals surface area contributed by atoms with Gasteiger partial charge in [-0.15, -0.1) is 0 Å². The highest BCUT2D eigenvalue weighted by molar-refractivity contribution is 7.85. The first-order chi connectivity index (χ1) is 8.54. The predicted molar refractivity (Wildman–Crippen MR) is 72.9 cm³/mol. The lowest BCUT2D eigenvalue weighted by atomic mass is 10.1. The van der Waals surface area contributed by atoms with E-state index in [4.69, 9.17) is 5.73 Å². The number of nitrogens with two attached hydrogens (primary N) is 1. The molecule has 0 amide bonds. The van der Waals surface area contributed by atoms with E-state index in [1.54, 1.807) is 18.2 Å². The fourth-order valence-corrected chi connectivity index (χ4v) is 2.89. The third-order valence-corrected chi connectivity index (χ3v) is 4.17. The summed E-state index contributed by atoms with van der Waals surface area (Å²) in [4.78, 5) is 10.4. The smallest absolute Gasteiger partial charge is 0.272 e. The summed E-state index contributed by atoms with van der Waals surface area (Å²) in [6.07, 6.45) is 1.23. The third-order valence-electron chi connectivity index (χ3n) is 2.71. The quantitative estimate of drug-likeness (QED) is 0.602. The van der Waals surface area contributed by atoms with Crippen LogP contribution in [0.3, 0.4) is 0 Å². The van der Waals surface area contributed by atoms with E-state index in [2.05, 4.69) is 0 Å². The highest BCUT2D eigenvalue weighted by Gasteiger charge is 2.13. The summed E-state index contributed by atoms with van der Waals surface area (Å²) in [6, 6.07) is 6.50. The summed E-state index contributed by atoms with van der Waals surface area (Å²) in [5.74, 6) is 0.871. The number of nitro groups is 1. The number of hydrogen-bond acceptors (Lipinski definition) is 4. The van der Waals surface area contributed by atoms with E-state index in [1.165, 1.54) is 6.07 Å². The second-order valence-electron chi connectivity index (χ2n) is 4.11. The molecule has 0 fully saturated rings. The van der Waals surface area contributed by atoms with Gasteiger partial charge in [0.1, 0.15) is 0 Å². The molecular formula is C12H18N2O3S. The maximum absolute atomic E-state index is 11.7. The van der Waals surface area contributed by atoms with Gasteiger partial charge in [-0.25, -0.2) is 0 Å². The molecule has 0 saturated heterocycles. The minimum absolute atomic E-state index is 0.0587. The first kappa shape index (κ1) is 14.8. The lowest BCUT2D eigenvalue weighted by molar-refractivity contribution is -0.385. The summed E-state index contributed by atoms with van der Waals surface area (Å²) < 4.78 is 11.7. The van der Waals surface area contributed by atoms with Crippen molar-refractivity contribution < 1.29 is 9.13 Å². The number of nitrogens with zero attached hydrogens (tertiary/aromatic N) is 1. The topological polar surface area (TPSA) is 86.2 Å². The van der Waals surface area contributed by atoms with E-state index in [9.17, 15) is 14.3 Å². The number of aryl methyl sites for hydroxylation is 1. The van der Waals surface area contributed by atoms with Crippen LogP contribution in [0.2, 0.25) is 0 Å². The second-order valence-corrected chi connectivity index (χ2v) is 5.74. The van der Waals surface area contributed by atoms with Crippen LogP contribution >= 0.6 is 0 Å². The predicted octanol–water partition coefficient (Wildman–Crippen LogP) is 1.62. The largest absolute Gasteiger partial charge is 0.327 e. The van der Waals surface area contributed by atoms with E-state index in [1.807, 2.05) is 6.92 Å². The average molecular weight is 270 g/mol. The zero-order valence-corrected chi connectivity index (χ0v) is 11.2. The molecular weight excluding hydrogens is 252 g/mol. The van der Waals surface area contributed by atoms with Crippen LogP contribution in [0.4, 0.5) is 5.69 Å². The molecule has 0 aliphatic heterocycles. The van der Waals surface area contributed by atoms with Gasteiger partial charge in [0, 0.05) is 40.0 Å². The fraction of sp³-hybridized carbons (Fsp3) is 0.500. The molecule has 0 heterocycles. The molecule has 2 unspecified atom stereocenters. The van der Waals surface area contributed by atoms with E-state index in [0.717, 1.165) is 6.42 Å². The Morgan fingerprint density at radius 2 is 2.11 bits per heavy atom. The number of hydrogen-bond donors (Lipinski definition) is 1. The lowest BCUT2D eigenvalue weighted by Crippen LogP contribution is -2.27. The molecule has 1 rings (SSSR count). The van der Waals surface area contributed by atoms with Crippen molar-refractivity contribution >= 4 is 16.5 Å². The zero-order valence-electron chi connectivity index (χ0n) is 10.4. The molecule has 18 heavy (non-hydrogen) atoms.